The van der Waals surface area contributed by atoms with Gasteiger partial charge in [-0.25, -0.2) is 0 Å². The van der Waals surface area contributed by atoms with E-state index in [-0.39, 0.29) is 17.4 Å². The molecule has 1 aromatic carbocycles. The lowest BCUT2D eigenvalue weighted by Gasteiger charge is -2.27. The highest BCUT2D eigenvalue weighted by Crippen LogP contribution is 2.28. The summed E-state index contributed by atoms with van der Waals surface area (Å²) in [5.74, 6) is -0.0837. The van der Waals surface area contributed by atoms with Crippen LogP contribution in [0.25, 0.3) is 0 Å². The van der Waals surface area contributed by atoms with Crippen LogP contribution in [0.1, 0.15) is 42.4 Å². The molecule has 1 aliphatic rings. The Morgan fingerprint density at radius 1 is 1.14 bits per heavy atom. The molecular formula is C16H24O4S. The molecule has 21 heavy (non-hydrogen) atoms. The topological polar surface area (TPSA) is 63.6 Å². The number of hydrogen-bond acceptors (Lipinski definition) is 4. The number of aliphatic hydroxyl groups is 1. The van der Waals surface area contributed by atoms with Crippen molar-refractivity contribution in [3.63, 3.8) is 0 Å². The van der Waals surface area contributed by atoms with Gasteiger partial charge in [0.15, 0.2) is 0 Å². The van der Waals surface area contributed by atoms with Crippen molar-refractivity contribution in [2.75, 3.05) is 6.61 Å². The Labute approximate surface area is 127 Å². The average Bonchev–Trinajstić information content (AvgIpc) is 2.36. The van der Waals surface area contributed by atoms with Gasteiger partial charge in [0.25, 0.3) is 10.1 Å². The highest BCUT2D eigenvalue weighted by Gasteiger charge is 2.27. The molecule has 5 heteroatoms. The molecule has 2 rings (SSSR count). The zero-order chi connectivity index (χ0) is 15.6. The normalized spacial score (nSPS) is 23.2. The van der Waals surface area contributed by atoms with E-state index in [1.807, 2.05) is 19.1 Å². The molecule has 0 radical (unpaired) electrons. The maximum atomic E-state index is 12.4. The summed E-state index contributed by atoms with van der Waals surface area (Å²) in [6.45, 7) is 5.57. The minimum absolute atomic E-state index is 0.0657. The summed E-state index contributed by atoms with van der Waals surface area (Å²) < 4.78 is 30.1. The molecular weight excluding hydrogens is 288 g/mol. The molecule has 2 atom stereocenters. The van der Waals surface area contributed by atoms with E-state index in [0.29, 0.717) is 11.1 Å². The van der Waals surface area contributed by atoms with Gasteiger partial charge in [-0.15, -0.1) is 0 Å². The van der Waals surface area contributed by atoms with E-state index in [1.54, 1.807) is 13.8 Å². The lowest BCUT2D eigenvalue weighted by atomic mass is 9.87. The summed E-state index contributed by atoms with van der Waals surface area (Å²) >= 11 is 0. The van der Waals surface area contributed by atoms with E-state index in [1.165, 1.54) is 0 Å². The SMILES string of the molecule is Cc1cc(C)c(S(=O)(=O)OC[C@H]2CCCC[C@H]2O)c(C)c1. The quantitative estimate of drug-likeness (QED) is 0.868. The number of benzene rings is 1. The second-order valence-corrected chi connectivity index (χ2v) is 7.63. The second kappa shape index (κ2) is 6.46. The van der Waals surface area contributed by atoms with Gasteiger partial charge in [0.05, 0.1) is 17.6 Å². The molecule has 0 heterocycles. The Morgan fingerprint density at radius 2 is 1.71 bits per heavy atom. The van der Waals surface area contributed by atoms with Crippen LogP contribution >= 0.6 is 0 Å². The largest absolute Gasteiger partial charge is 0.393 e. The van der Waals surface area contributed by atoms with Gasteiger partial charge in [0, 0.05) is 5.92 Å². The van der Waals surface area contributed by atoms with Crippen molar-refractivity contribution >= 4 is 10.1 Å². The lowest BCUT2D eigenvalue weighted by molar-refractivity contribution is 0.0438. The van der Waals surface area contributed by atoms with Crippen LogP contribution in [-0.2, 0) is 14.3 Å². The minimum atomic E-state index is -3.77. The average molecular weight is 312 g/mol. The molecule has 0 saturated heterocycles. The Balaban J connectivity index is 2.15. The van der Waals surface area contributed by atoms with E-state index in [9.17, 15) is 13.5 Å². The number of aryl methyl sites for hydroxylation is 3. The van der Waals surface area contributed by atoms with Gasteiger partial charge in [-0.05, 0) is 44.7 Å². The van der Waals surface area contributed by atoms with Gasteiger partial charge < -0.3 is 5.11 Å². The van der Waals surface area contributed by atoms with Crippen LogP contribution in [0, 0.1) is 26.7 Å². The van der Waals surface area contributed by atoms with Crippen LogP contribution in [0.15, 0.2) is 17.0 Å². The van der Waals surface area contributed by atoms with Gasteiger partial charge in [-0.2, -0.15) is 8.42 Å². The molecule has 1 N–H and O–H groups in total. The van der Waals surface area contributed by atoms with E-state index in [0.717, 1.165) is 31.2 Å². The molecule has 1 saturated carbocycles. The molecule has 0 spiro atoms. The molecule has 118 valence electrons. The Morgan fingerprint density at radius 3 is 2.29 bits per heavy atom. The highest BCUT2D eigenvalue weighted by molar-refractivity contribution is 7.86. The third-order valence-electron chi connectivity index (χ3n) is 4.16. The fourth-order valence-corrected chi connectivity index (χ4v) is 4.56. The van der Waals surface area contributed by atoms with Gasteiger partial charge >= 0.3 is 0 Å². The first kappa shape index (κ1) is 16.5. The predicted octanol–water partition coefficient (Wildman–Crippen LogP) is 2.87. The van der Waals surface area contributed by atoms with Crippen LogP contribution in [0.3, 0.4) is 0 Å². The van der Waals surface area contributed by atoms with Gasteiger partial charge in [-0.3, -0.25) is 4.18 Å². The van der Waals surface area contributed by atoms with Crippen molar-refractivity contribution in [1.29, 1.82) is 0 Å². The van der Waals surface area contributed by atoms with E-state index < -0.39 is 16.2 Å². The number of aliphatic hydroxyl groups excluding tert-OH is 1. The molecule has 4 nitrogen and oxygen atoms in total. The van der Waals surface area contributed by atoms with E-state index in [4.69, 9.17) is 4.18 Å². The minimum Gasteiger partial charge on any atom is -0.393 e. The molecule has 0 unspecified atom stereocenters. The fraction of sp³-hybridized carbons (Fsp3) is 0.625. The van der Waals surface area contributed by atoms with Crippen molar-refractivity contribution in [3.8, 4) is 0 Å². The standard InChI is InChI=1S/C16H24O4S/c1-11-8-12(2)16(13(3)9-11)21(18,19)20-10-14-6-4-5-7-15(14)17/h8-9,14-15,17H,4-7,10H2,1-3H3/t14-,15-/m1/s1. The molecule has 1 aliphatic carbocycles. The number of rotatable bonds is 4. The Bertz CT molecular complexity index is 584. The highest BCUT2D eigenvalue weighted by atomic mass is 32.2. The summed E-state index contributed by atoms with van der Waals surface area (Å²) in [5, 5.41) is 9.91. The summed E-state index contributed by atoms with van der Waals surface area (Å²) in [6, 6.07) is 3.69. The van der Waals surface area contributed by atoms with E-state index >= 15 is 0 Å². The second-order valence-electron chi connectivity index (χ2n) is 6.08. The zero-order valence-electron chi connectivity index (χ0n) is 12.9. The van der Waals surface area contributed by atoms with Crippen LogP contribution in [0.2, 0.25) is 0 Å². The van der Waals surface area contributed by atoms with Crippen LogP contribution in [0.4, 0.5) is 0 Å². The van der Waals surface area contributed by atoms with Crippen molar-refractivity contribution in [2.24, 2.45) is 5.92 Å². The maximum absolute atomic E-state index is 12.4. The molecule has 1 aromatic rings. The Hall–Kier alpha value is -0.910. The Kier molecular flexibility index (Phi) is 5.07. The van der Waals surface area contributed by atoms with Crippen molar-refractivity contribution in [3.05, 3.63) is 28.8 Å². The predicted molar refractivity (Wildman–Crippen MR) is 81.8 cm³/mol. The first-order chi connectivity index (χ1) is 9.81. The molecule has 0 aromatic heterocycles. The smallest absolute Gasteiger partial charge is 0.297 e. The van der Waals surface area contributed by atoms with Gasteiger partial charge in [0.1, 0.15) is 0 Å². The fourth-order valence-electron chi connectivity index (χ4n) is 3.18. The summed E-state index contributed by atoms with van der Waals surface area (Å²) in [6.07, 6.45) is 3.13. The monoisotopic (exact) mass is 312 g/mol. The summed E-state index contributed by atoms with van der Waals surface area (Å²) in [7, 11) is -3.77. The molecule has 0 amide bonds. The first-order valence-corrected chi connectivity index (χ1v) is 8.87. The van der Waals surface area contributed by atoms with Gasteiger partial charge in [-0.1, -0.05) is 30.5 Å². The molecule has 0 bridgehead atoms. The van der Waals surface area contributed by atoms with E-state index in [2.05, 4.69) is 0 Å². The van der Waals surface area contributed by atoms with Crippen molar-refractivity contribution in [2.45, 2.75) is 57.5 Å². The van der Waals surface area contributed by atoms with Crippen LogP contribution in [0.5, 0.6) is 0 Å². The van der Waals surface area contributed by atoms with Gasteiger partial charge in [0.2, 0.25) is 0 Å². The third kappa shape index (κ3) is 3.84. The van der Waals surface area contributed by atoms with Crippen LogP contribution < -0.4 is 0 Å². The van der Waals surface area contributed by atoms with Crippen molar-refractivity contribution < 1.29 is 17.7 Å². The maximum Gasteiger partial charge on any atom is 0.297 e. The zero-order valence-corrected chi connectivity index (χ0v) is 13.7. The third-order valence-corrected chi connectivity index (χ3v) is 5.75. The summed E-state index contributed by atoms with van der Waals surface area (Å²) in [4.78, 5) is 0.262. The number of hydrogen-bond donors (Lipinski definition) is 1. The first-order valence-electron chi connectivity index (χ1n) is 7.46. The van der Waals surface area contributed by atoms with Crippen molar-refractivity contribution in [1.82, 2.24) is 0 Å². The molecule has 0 aliphatic heterocycles. The molecule has 1 fully saturated rings. The summed E-state index contributed by atoms with van der Waals surface area (Å²) in [5.41, 5.74) is 2.44. The van der Waals surface area contributed by atoms with Crippen LogP contribution in [-0.4, -0.2) is 26.2 Å². The lowest BCUT2D eigenvalue weighted by Crippen LogP contribution is -2.29.